The third-order valence-electron chi connectivity index (χ3n) is 3.67. The number of halogens is 1. The van der Waals surface area contributed by atoms with Gasteiger partial charge >= 0.3 is 12.1 Å². The number of hydrogen-bond donors (Lipinski definition) is 1. The standard InChI is InChI=1S/C19H20FN3O5/c1-4-27-19(26)21-17(24)11-28-18(25)10-9-16-12(2)22-23(13(16)3)15-7-5-14(20)6-8-15/h5-10H,4,11H2,1-3H3,(H,21,24,26). The fraction of sp³-hybridized carbons (Fsp3) is 0.263. The summed E-state index contributed by atoms with van der Waals surface area (Å²) in [6.45, 7) is 4.67. The average Bonchev–Trinajstić information content (AvgIpc) is 2.93. The van der Waals surface area contributed by atoms with Gasteiger partial charge in [0.1, 0.15) is 5.82 Å². The Hall–Kier alpha value is -3.49. The quantitative estimate of drug-likeness (QED) is 0.602. The molecule has 0 spiro atoms. The van der Waals surface area contributed by atoms with Crippen molar-refractivity contribution in [2.45, 2.75) is 20.8 Å². The zero-order valence-electron chi connectivity index (χ0n) is 15.7. The molecule has 1 aromatic heterocycles. The van der Waals surface area contributed by atoms with Gasteiger partial charge in [0.25, 0.3) is 5.91 Å². The smallest absolute Gasteiger partial charge is 0.413 e. The van der Waals surface area contributed by atoms with Gasteiger partial charge in [0.2, 0.25) is 0 Å². The van der Waals surface area contributed by atoms with Gasteiger partial charge in [-0.2, -0.15) is 5.10 Å². The second kappa shape index (κ2) is 9.45. The number of aromatic nitrogens is 2. The second-order valence-electron chi connectivity index (χ2n) is 5.68. The van der Waals surface area contributed by atoms with Crippen LogP contribution in [0.25, 0.3) is 11.8 Å². The lowest BCUT2D eigenvalue weighted by atomic mass is 10.2. The number of rotatable bonds is 6. The molecular weight excluding hydrogens is 369 g/mol. The van der Waals surface area contributed by atoms with Gasteiger partial charge in [-0.05, 0) is 51.1 Å². The van der Waals surface area contributed by atoms with Crippen molar-refractivity contribution in [3.63, 3.8) is 0 Å². The summed E-state index contributed by atoms with van der Waals surface area (Å²) in [6.07, 6.45) is 1.77. The largest absolute Gasteiger partial charge is 0.452 e. The summed E-state index contributed by atoms with van der Waals surface area (Å²) in [5.41, 5.74) is 2.77. The molecule has 2 rings (SSSR count). The number of nitrogens with one attached hydrogen (secondary N) is 1. The van der Waals surface area contributed by atoms with Crippen molar-refractivity contribution in [2.24, 2.45) is 0 Å². The monoisotopic (exact) mass is 389 g/mol. The van der Waals surface area contributed by atoms with Crippen molar-refractivity contribution >= 4 is 24.0 Å². The number of benzene rings is 1. The van der Waals surface area contributed by atoms with E-state index in [1.165, 1.54) is 18.2 Å². The number of hydrogen-bond acceptors (Lipinski definition) is 6. The van der Waals surface area contributed by atoms with Crippen molar-refractivity contribution in [3.05, 3.63) is 53.1 Å². The van der Waals surface area contributed by atoms with Gasteiger partial charge < -0.3 is 9.47 Å². The Morgan fingerprint density at radius 1 is 1.18 bits per heavy atom. The number of carbonyl (C=O) groups excluding carboxylic acids is 3. The van der Waals surface area contributed by atoms with Crippen LogP contribution in [-0.4, -0.2) is 41.0 Å². The number of imide groups is 1. The second-order valence-corrected chi connectivity index (χ2v) is 5.68. The highest BCUT2D eigenvalue weighted by Gasteiger charge is 2.13. The number of ether oxygens (including phenoxy) is 2. The van der Waals surface area contributed by atoms with Crippen LogP contribution in [0.15, 0.2) is 30.3 Å². The molecule has 0 aliphatic rings. The summed E-state index contributed by atoms with van der Waals surface area (Å²) in [5.74, 6) is -1.90. The van der Waals surface area contributed by atoms with Gasteiger partial charge in [0.05, 0.1) is 18.0 Å². The van der Waals surface area contributed by atoms with Crippen LogP contribution in [0.1, 0.15) is 23.9 Å². The van der Waals surface area contributed by atoms with Crippen molar-refractivity contribution in [3.8, 4) is 5.69 Å². The molecule has 0 fully saturated rings. The molecule has 148 valence electrons. The van der Waals surface area contributed by atoms with Gasteiger partial charge in [-0.1, -0.05) is 0 Å². The van der Waals surface area contributed by atoms with Crippen molar-refractivity contribution in [2.75, 3.05) is 13.2 Å². The zero-order chi connectivity index (χ0) is 20.7. The summed E-state index contributed by atoms with van der Waals surface area (Å²) in [5, 5.41) is 6.30. The minimum absolute atomic E-state index is 0.117. The van der Waals surface area contributed by atoms with E-state index in [0.29, 0.717) is 16.9 Å². The molecular formula is C19H20FN3O5. The van der Waals surface area contributed by atoms with E-state index in [1.54, 1.807) is 37.6 Å². The Labute approximate surface area is 160 Å². The lowest BCUT2D eigenvalue weighted by Crippen LogP contribution is -2.34. The van der Waals surface area contributed by atoms with E-state index < -0.39 is 24.6 Å². The fourth-order valence-electron chi connectivity index (χ4n) is 2.38. The highest BCUT2D eigenvalue weighted by molar-refractivity contribution is 5.94. The number of alkyl carbamates (subject to hydrolysis) is 1. The van der Waals surface area contributed by atoms with Crippen molar-refractivity contribution in [1.29, 1.82) is 0 Å². The maximum absolute atomic E-state index is 13.1. The van der Waals surface area contributed by atoms with Crippen LogP contribution >= 0.6 is 0 Å². The Bertz CT molecular complexity index is 903. The lowest BCUT2D eigenvalue weighted by Gasteiger charge is -2.04. The molecule has 0 atom stereocenters. The molecule has 0 unspecified atom stereocenters. The average molecular weight is 389 g/mol. The van der Waals surface area contributed by atoms with Crippen LogP contribution in [0.5, 0.6) is 0 Å². The summed E-state index contributed by atoms with van der Waals surface area (Å²) < 4.78 is 24.0. The van der Waals surface area contributed by atoms with Crippen molar-refractivity contribution < 1.29 is 28.2 Å². The molecule has 0 saturated heterocycles. The van der Waals surface area contributed by atoms with Gasteiger partial charge in [-0.25, -0.2) is 18.7 Å². The molecule has 9 heteroatoms. The maximum atomic E-state index is 13.1. The molecule has 2 aromatic rings. The molecule has 1 aromatic carbocycles. The molecule has 0 aliphatic carbocycles. The van der Waals surface area contributed by atoms with E-state index in [9.17, 15) is 18.8 Å². The number of amides is 2. The van der Waals surface area contributed by atoms with Crippen LogP contribution in [0.3, 0.4) is 0 Å². The highest BCUT2D eigenvalue weighted by atomic mass is 19.1. The summed E-state index contributed by atoms with van der Waals surface area (Å²) in [6, 6.07) is 5.86. The molecule has 0 saturated carbocycles. The number of nitrogens with zero attached hydrogens (tertiary/aromatic N) is 2. The molecule has 0 aliphatic heterocycles. The first-order valence-electron chi connectivity index (χ1n) is 8.45. The number of esters is 1. The van der Waals surface area contributed by atoms with Gasteiger partial charge in [0, 0.05) is 17.3 Å². The SMILES string of the molecule is CCOC(=O)NC(=O)COC(=O)C=Cc1c(C)nn(-c2ccc(F)cc2)c1C. The van der Waals surface area contributed by atoms with E-state index in [0.717, 1.165) is 11.8 Å². The number of carbonyl (C=O) groups is 3. The van der Waals surface area contributed by atoms with E-state index in [1.807, 2.05) is 5.32 Å². The molecule has 2 amide bonds. The number of aryl methyl sites for hydroxylation is 1. The predicted molar refractivity (Wildman–Crippen MR) is 98.2 cm³/mol. The molecule has 1 heterocycles. The maximum Gasteiger partial charge on any atom is 0.413 e. The van der Waals surface area contributed by atoms with Gasteiger partial charge in [-0.3, -0.25) is 10.1 Å². The molecule has 28 heavy (non-hydrogen) atoms. The minimum Gasteiger partial charge on any atom is -0.452 e. The van der Waals surface area contributed by atoms with Crippen LogP contribution in [0.2, 0.25) is 0 Å². The van der Waals surface area contributed by atoms with E-state index in [-0.39, 0.29) is 12.4 Å². The fourth-order valence-corrected chi connectivity index (χ4v) is 2.38. The highest BCUT2D eigenvalue weighted by Crippen LogP contribution is 2.19. The first-order chi connectivity index (χ1) is 13.3. The van der Waals surface area contributed by atoms with Crippen LogP contribution in [-0.2, 0) is 19.1 Å². The van der Waals surface area contributed by atoms with E-state index in [2.05, 4.69) is 9.84 Å². The summed E-state index contributed by atoms with van der Waals surface area (Å²) >= 11 is 0. The Balaban J connectivity index is 2.00. The van der Waals surface area contributed by atoms with Crippen LogP contribution in [0, 0.1) is 19.7 Å². The molecule has 0 bridgehead atoms. The lowest BCUT2D eigenvalue weighted by molar-refractivity contribution is -0.143. The normalized spacial score (nSPS) is 10.7. The molecule has 8 nitrogen and oxygen atoms in total. The molecule has 0 radical (unpaired) electrons. The summed E-state index contributed by atoms with van der Waals surface area (Å²) in [7, 11) is 0. The Morgan fingerprint density at radius 2 is 1.86 bits per heavy atom. The minimum atomic E-state index is -0.904. The molecule has 1 N–H and O–H groups in total. The van der Waals surface area contributed by atoms with Crippen molar-refractivity contribution in [1.82, 2.24) is 15.1 Å². The van der Waals surface area contributed by atoms with Crippen LogP contribution in [0.4, 0.5) is 9.18 Å². The Kier molecular flexibility index (Phi) is 7.02. The first-order valence-corrected chi connectivity index (χ1v) is 8.45. The topological polar surface area (TPSA) is 99.5 Å². The zero-order valence-corrected chi connectivity index (χ0v) is 15.7. The van der Waals surface area contributed by atoms with Crippen LogP contribution < -0.4 is 5.32 Å². The summed E-state index contributed by atoms with van der Waals surface area (Å²) in [4.78, 5) is 34.3. The third kappa shape index (κ3) is 5.50. The van der Waals surface area contributed by atoms with Gasteiger partial charge in [-0.15, -0.1) is 0 Å². The predicted octanol–water partition coefficient (Wildman–Crippen LogP) is 2.46. The van der Waals surface area contributed by atoms with E-state index in [4.69, 9.17) is 4.74 Å². The Morgan fingerprint density at radius 3 is 2.50 bits per heavy atom. The van der Waals surface area contributed by atoms with Gasteiger partial charge in [0.15, 0.2) is 6.61 Å². The third-order valence-corrected chi connectivity index (χ3v) is 3.67. The first kappa shape index (κ1) is 20.8. The van der Waals surface area contributed by atoms with E-state index >= 15 is 0 Å².